The van der Waals surface area contributed by atoms with Crippen molar-refractivity contribution in [2.45, 2.75) is 13.3 Å². The van der Waals surface area contributed by atoms with Crippen molar-refractivity contribution in [1.29, 1.82) is 0 Å². The quantitative estimate of drug-likeness (QED) is 0.832. The maximum absolute atomic E-state index is 12.3. The average Bonchev–Trinajstić information content (AvgIpc) is 2.54. The monoisotopic (exact) mass is 300 g/mol. The molecule has 0 aromatic heterocycles. The maximum Gasteiger partial charge on any atom is 0.255 e. The van der Waals surface area contributed by atoms with Crippen LogP contribution >= 0.6 is 0 Å². The first-order chi connectivity index (χ1) is 10.6. The Hall–Kier alpha value is -2.69. The van der Waals surface area contributed by atoms with Gasteiger partial charge in [-0.15, -0.1) is 0 Å². The summed E-state index contributed by atoms with van der Waals surface area (Å²) in [4.78, 5) is 12.3. The van der Waals surface area contributed by atoms with Crippen molar-refractivity contribution < 1.29 is 14.3 Å². The molecule has 0 unspecified atom stereocenters. The summed E-state index contributed by atoms with van der Waals surface area (Å²) in [6, 6.07) is 10.5. The number of carbonyl (C=O) groups is 1. The average molecular weight is 300 g/mol. The third kappa shape index (κ3) is 3.31. The molecule has 0 aliphatic carbocycles. The van der Waals surface area contributed by atoms with Crippen LogP contribution in [0.1, 0.15) is 22.8 Å². The van der Waals surface area contributed by atoms with Crippen molar-refractivity contribution in [1.82, 2.24) is 0 Å². The molecule has 0 spiro atoms. The van der Waals surface area contributed by atoms with Gasteiger partial charge in [0.15, 0.2) is 11.5 Å². The minimum Gasteiger partial charge on any atom is -0.493 e. The van der Waals surface area contributed by atoms with Gasteiger partial charge < -0.3 is 20.5 Å². The van der Waals surface area contributed by atoms with Gasteiger partial charge in [-0.1, -0.05) is 13.0 Å². The zero-order valence-electron chi connectivity index (χ0n) is 13.0. The molecular formula is C17H20N2O3. The molecule has 1 amide bonds. The second-order valence-electron chi connectivity index (χ2n) is 4.79. The molecule has 0 radical (unpaired) electrons. The molecule has 0 bridgehead atoms. The van der Waals surface area contributed by atoms with E-state index in [9.17, 15) is 4.79 Å². The summed E-state index contributed by atoms with van der Waals surface area (Å²) < 4.78 is 10.4. The first kappa shape index (κ1) is 15.7. The number of rotatable bonds is 5. The fraction of sp³-hybridized carbons (Fsp3) is 0.235. The first-order valence-corrected chi connectivity index (χ1v) is 7.00. The number of ether oxygens (including phenoxy) is 2. The summed E-state index contributed by atoms with van der Waals surface area (Å²) >= 11 is 0. The van der Waals surface area contributed by atoms with E-state index in [4.69, 9.17) is 15.2 Å². The van der Waals surface area contributed by atoms with Crippen molar-refractivity contribution in [2.24, 2.45) is 0 Å². The number of anilines is 2. The van der Waals surface area contributed by atoms with Gasteiger partial charge in [-0.2, -0.15) is 0 Å². The van der Waals surface area contributed by atoms with E-state index in [1.165, 1.54) is 7.11 Å². The van der Waals surface area contributed by atoms with Gasteiger partial charge >= 0.3 is 0 Å². The van der Waals surface area contributed by atoms with Crippen molar-refractivity contribution in [2.75, 3.05) is 25.3 Å². The van der Waals surface area contributed by atoms with Crippen molar-refractivity contribution in [3.63, 3.8) is 0 Å². The molecule has 5 heteroatoms. The minimum absolute atomic E-state index is 0.232. The van der Waals surface area contributed by atoms with Crippen LogP contribution in [0.2, 0.25) is 0 Å². The topological polar surface area (TPSA) is 73.6 Å². The molecule has 2 aromatic carbocycles. The van der Waals surface area contributed by atoms with Crippen LogP contribution in [0.3, 0.4) is 0 Å². The molecule has 0 heterocycles. The smallest absolute Gasteiger partial charge is 0.255 e. The molecule has 116 valence electrons. The van der Waals surface area contributed by atoms with Crippen LogP contribution < -0.4 is 20.5 Å². The Morgan fingerprint density at radius 1 is 1.09 bits per heavy atom. The number of nitrogens with two attached hydrogens (primary N) is 1. The van der Waals surface area contributed by atoms with Gasteiger partial charge in [0, 0.05) is 16.9 Å². The highest BCUT2D eigenvalue weighted by Crippen LogP contribution is 2.28. The summed E-state index contributed by atoms with van der Waals surface area (Å²) in [6.45, 7) is 2.04. The van der Waals surface area contributed by atoms with Crippen LogP contribution in [0.15, 0.2) is 36.4 Å². The van der Waals surface area contributed by atoms with Crippen LogP contribution in [0.4, 0.5) is 11.4 Å². The molecule has 0 atom stereocenters. The van der Waals surface area contributed by atoms with Crippen LogP contribution in [0.5, 0.6) is 11.5 Å². The number of aryl methyl sites for hydroxylation is 1. The number of carbonyl (C=O) groups excluding carboxylic acids is 1. The Bertz CT molecular complexity index is 684. The Morgan fingerprint density at radius 3 is 2.41 bits per heavy atom. The summed E-state index contributed by atoms with van der Waals surface area (Å²) in [5.74, 6) is 0.858. The number of nitrogen functional groups attached to an aromatic ring is 1. The second-order valence-corrected chi connectivity index (χ2v) is 4.79. The van der Waals surface area contributed by atoms with Crippen LogP contribution in [-0.2, 0) is 6.42 Å². The van der Waals surface area contributed by atoms with Crippen LogP contribution in [0, 0.1) is 0 Å². The second kappa shape index (κ2) is 6.85. The molecule has 0 aliphatic heterocycles. The summed E-state index contributed by atoms with van der Waals surface area (Å²) in [5.41, 5.74) is 8.82. The van der Waals surface area contributed by atoms with E-state index in [1.54, 1.807) is 31.4 Å². The lowest BCUT2D eigenvalue weighted by Crippen LogP contribution is -2.12. The zero-order valence-corrected chi connectivity index (χ0v) is 13.0. The molecule has 2 aromatic rings. The number of hydrogen-bond acceptors (Lipinski definition) is 4. The molecule has 2 rings (SSSR count). The van der Waals surface area contributed by atoms with Crippen molar-refractivity contribution in [3.05, 3.63) is 47.5 Å². The van der Waals surface area contributed by atoms with Gasteiger partial charge in [-0.3, -0.25) is 4.79 Å². The van der Waals surface area contributed by atoms with Gasteiger partial charge in [-0.05, 0) is 42.3 Å². The number of methoxy groups -OCH3 is 2. The van der Waals surface area contributed by atoms with Gasteiger partial charge in [0.05, 0.1) is 14.2 Å². The lowest BCUT2D eigenvalue weighted by atomic mass is 10.1. The number of nitrogens with one attached hydrogen (secondary N) is 1. The Balaban J connectivity index is 2.20. The van der Waals surface area contributed by atoms with Gasteiger partial charge in [0.25, 0.3) is 5.91 Å². The SMILES string of the molecule is CCc1ccc(NC(=O)c2ccc(OC)c(OC)c2)cc1N. The standard InChI is InChI=1S/C17H20N2O3/c1-4-11-5-7-13(10-14(11)18)19-17(20)12-6-8-15(21-2)16(9-12)22-3/h5-10H,4,18H2,1-3H3,(H,19,20). The molecule has 5 nitrogen and oxygen atoms in total. The van der Waals surface area contributed by atoms with Gasteiger partial charge in [-0.25, -0.2) is 0 Å². The molecule has 0 fully saturated rings. The van der Waals surface area contributed by atoms with E-state index in [0.29, 0.717) is 28.4 Å². The van der Waals surface area contributed by atoms with E-state index >= 15 is 0 Å². The Morgan fingerprint density at radius 2 is 1.82 bits per heavy atom. The van der Waals surface area contributed by atoms with Crippen LogP contribution in [-0.4, -0.2) is 20.1 Å². The van der Waals surface area contributed by atoms with Gasteiger partial charge in [0.2, 0.25) is 0 Å². The van der Waals surface area contributed by atoms with Gasteiger partial charge in [0.1, 0.15) is 0 Å². The highest BCUT2D eigenvalue weighted by Gasteiger charge is 2.11. The third-order valence-corrected chi connectivity index (χ3v) is 3.43. The Kier molecular flexibility index (Phi) is 4.88. The van der Waals surface area contributed by atoms with E-state index in [2.05, 4.69) is 5.32 Å². The molecular weight excluding hydrogens is 280 g/mol. The highest BCUT2D eigenvalue weighted by molar-refractivity contribution is 6.04. The zero-order chi connectivity index (χ0) is 16.1. The molecule has 0 saturated carbocycles. The first-order valence-electron chi connectivity index (χ1n) is 7.00. The summed E-state index contributed by atoms with van der Waals surface area (Å²) in [6.07, 6.45) is 0.857. The Labute approximate surface area is 130 Å². The lowest BCUT2D eigenvalue weighted by molar-refractivity contribution is 0.102. The number of hydrogen-bond donors (Lipinski definition) is 2. The molecule has 3 N–H and O–H groups in total. The van der Waals surface area contributed by atoms with E-state index in [0.717, 1.165) is 12.0 Å². The predicted octanol–water partition coefficient (Wildman–Crippen LogP) is 3.10. The summed E-state index contributed by atoms with van der Waals surface area (Å²) in [7, 11) is 3.08. The summed E-state index contributed by atoms with van der Waals surface area (Å²) in [5, 5.41) is 2.82. The molecule has 0 saturated heterocycles. The van der Waals surface area contributed by atoms with Crippen LogP contribution in [0.25, 0.3) is 0 Å². The molecule has 22 heavy (non-hydrogen) atoms. The fourth-order valence-corrected chi connectivity index (χ4v) is 2.18. The van der Waals surface area contributed by atoms with Crippen molar-refractivity contribution in [3.8, 4) is 11.5 Å². The number of amides is 1. The normalized spacial score (nSPS) is 10.1. The van der Waals surface area contributed by atoms with E-state index in [-0.39, 0.29) is 5.91 Å². The van der Waals surface area contributed by atoms with E-state index < -0.39 is 0 Å². The minimum atomic E-state index is -0.232. The third-order valence-electron chi connectivity index (χ3n) is 3.43. The van der Waals surface area contributed by atoms with Crippen molar-refractivity contribution >= 4 is 17.3 Å². The molecule has 0 aliphatic rings. The largest absolute Gasteiger partial charge is 0.493 e. The fourth-order valence-electron chi connectivity index (χ4n) is 2.18. The number of benzene rings is 2. The maximum atomic E-state index is 12.3. The van der Waals surface area contributed by atoms with E-state index in [1.807, 2.05) is 19.1 Å². The lowest BCUT2D eigenvalue weighted by Gasteiger charge is -2.11. The highest BCUT2D eigenvalue weighted by atomic mass is 16.5. The predicted molar refractivity (Wildman–Crippen MR) is 87.7 cm³/mol.